The first-order valence-electron chi connectivity index (χ1n) is 5.97. The number of anilines is 1. The largest absolute Gasteiger partial charge is 0.476 e. The van der Waals surface area contributed by atoms with Gasteiger partial charge in [-0.3, -0.25) is 8.61 Å². The summed E-state index contributed by atoms with van der Waals surface area (Å²) in [6, 6.07) is 5.37. The van der Waals surface area contributed by atoms with Gasteiger partial charge in [0.15, 0.2) is 11.5 Å². The second-order valence-corrected chi connectivity index (χ2v) is 6.05. The van der Waals surface area contributed by atoms with Crippen LogP contribution in [0.1, 0.15) is 10.5 Å². The lowest BCUT2D eigenvalue weighted by Gasteiger charge is -2.26. The second kappa shape index (κ2) is 4.65. The van der Waals surface area contributed by atoms with E-state index in [1.807, 2.05) is 11.0 Å². The topological polar surface area (TPSA) is 74.9 Å². The molecule has 0 radical (unpaired) electrons. The fourth-order valence-electron chi connectivity index (χ4n) is 2.25. The summed E-state index contributed by atoms with van der Waals surface area (Å²) in [5.74, 6) is 0.593. The van der Waals surface area contributed by atoms with E-state index in [0.717, 1.165) is 0 Å². The number of imidazole rings is 1. The van der Waals surface area contributed by atoms with Gasteiger partial charge in [0.2, 0.25) is 0 Å². The van der Waals surface area contributed by atoms with E-state index >= 15 is 0 Å². The molecule has 0 aliphatic carbocycles. The van der Waals surface area contributed by atoms with Crippen LogP contribution in [0.3, 0.4) is 0 Å². The molecular weight excluding hydrogens is 266 g/mol. The predicted octanol–water partition coefficient (Wildman–Crippen LogP) is 0.601. The van der Waals surface area contributed by atoms with Crippen molar-refractivity contribution in [2.45, 2.75) is 0 Å². The van der Waals surface area contributed by atoms with E-state index in [9.17, 15) is 14.1 Å². The minimum absolute atomic E-state index is 0.170. The number of aromatic nitrogens is 2. The molecule has 0 atom stereocenters. The van der Waals surface area contributed by atoms with Gasteiger partial charge in [0, 0.05) is 41.6 Å². The van der Waals surface area contributed by atoms with E-state index in [1.54, 1.807) is 22.7 Å². The maximum atomic E-state index is 11.5. The molecule has 0 saturated carbocycles. The molecular formula is C12H13N3O3S. The molecule has 3 heterocycles. The molecule has 1 aliphatic heterocycles. The van der Waals surface area contributed by atoms with E-state index in [1.165, 1.54) is 0 Å². The van der Waals surface area contributed by atoms with Crippen LogP contribution in [-0.4, -0.2) is 49.3 Å². The van der Waals surface area contributed by atoms with Crippen LogP contribution in [0.5, 0.6) is 0 Å². The van der Waals surface area contributed by atoms with Crippen LogP contribution in [0.25, 0.3) is 5.65 Å². The molecule has 0 unspecified atom stereocenters. The maximum Gasteiger partial charge on any atom is 0.356 e. The number of aromatic carboxylic acids is 1. The molecule has 0 spiro atoms. The van der Waals surface area contributed by atoms with Gasteiger partial charge in [-0.1, -0.05) is 6.07 Å². The fraction of sp³-hybridized carbons (Fsp3) is 0.333. The average molecular weight is 279 g/mol. The molecule has 0 aromatic carbocycles. The Kier molecular flexibility index (Phi) is 2.98. The number of nitrogens with zero attached hydrogens (tertiary/aromatic N) is 3. The van der Waals surface area contributed by atoms with Gasteiger partial charge in [0.05, 0.1) is 0 Å². The highest BCUT2D eigenvalue weighted by Crippen LogP contribution is 2.23. The smallest absolute Gasteiger partial charge is 0.356 e. The van der Waals surface area contributed by atoms with E-state index in [4.69, 9.17) is 0 Å². The molecule has 1 N–H and O–H groups in total. The summed E-state index contributed by atoms with van der Waals surface area (Å²) in [5, 5.41) is 9.39. The van der Waals surface area contributed by atoms with Crippen molar-refractivity contribution < 1.29 is 14.1 Å². The summed E-state index contributed by atoms with van der Waals surface area (Å²) in [7, 11) is -0.793. The van der Waals surface area contributed by atoms with E-state index < -0.39 is 16.8 Å². The standard InChI is InChI=1S/C12H13N3O3S/c16-12(17)10-11(14-5-7-19(18)8-6-14)13-9-3-1-2-4-15(9)10/h1-4H,5-8H2,(H,16,17). The molecule has 0 bridgehead atoms. The van der Waals surface area contributed by atoms with Crippen molar-refractivity contribution in [1.82, 2.24) is 9.38 Å². The van der Waals surface area contributed by atoms with Gasteiger partial charge < -0.3 is 10.0 Å². The number of carboxylic acids is 1. The predicted molar refractivity (Wildman–Crippen MR) is 72.2 cm³/mol. The number of pyridine rings is 1. The molecule has 2 aromatic heterocycles. The Balaban J connectivity index is 2.09. The third-order valence-corrected chi connectivity index (χ3v) is 4.47. The first-order valence-corrected chi connectivity index (χ1v) is 7.46. The molecule has 1 aliphatic rings. The SMILES string of the molecule is O=C(O)c1c(N2CCS(=O)CC2)nc2ccccn12. The summed E-state index contributed by atoms with van der Waals surface area (Å²) in [6.07, 6.45) is 1.69. The Morgan fingerprint density at radius 2 is 2.05 bits per heavy atom. The zero-order chi connectivity index (χ0) is 13.4. The zero-order valence-corrected chi connectivity index (χ0v) is 11.0. The van der Waals surface area contributed by atoms with Gasteiger partial charge in [-0.15, -0.1) is 0 Å². The second-order valence-electron chi connectivity index (χ2n) is 4.35. The van der Waals surface area contributed by atoms with Crippen LogP contribution >= 0.6 is 0 Å². The van der Waals surface area contributed by atoms with Gasteiger partial charge in [-0.05, 0) is 12.1 Å². The lowest BCUT2D eigenvalue weighted by Crippen LogP contribution is -2.38. The first kappa shape index (κ1) is 12.2. The van der Waals surface area contributed by atoms with E-state index in [-0.39, 0.29) is 5.69 Å². The minimum atomic E-state index is -1.000. The summed E-state index contributed by atoms with van der Waals surface area (Å²) in [4.78, 5) is 17.7. The Morgan fingerprint density at radius 3 is 2.74 bits per heavy atom. The highest BCUT2D eigenvalue weighted by atomic mass is 32.2. The number of carbonyl (C=O) groups is 1. The van der Waals surface area contributed by atoms with Crippen molar-refractivity contribution in [3.05, 3.63) is 30.1 Å². The van der Waals surface area contributed by atoms with Crippen molar-refractivity contribution in [2.75, 3.05) is 29.5 Å². The average Bonchev–Trinajstić information content (AvgIpc) is 2.78. The van der Waals surface area contributed by atoms with Gasteiger partial charge in [0.25, 0.3) is 0 Å². The molecule has 7 heteroatoms. The van der Waals surface area contributed by atoms with Gasteiger partial charge in [-0.25, -0.2) is 9.78 Å². The minimum Gasteiger partial charge on any atom is -0.476 e. The molecule has 1 fully saturated rings. The Hall–Kier alpha value is -1.89. The number of fused-ring (bicyclic) bond motifs is 1. The Morgan fingerprint density at radius 1 is 1.32 bits per heavy atom. The molecule has 6 nitrogen and oxygen atoms in total. The van der Waals surface area contributed by atoms with Crippen LogP contribution in [0, 0.1) is 0 Å². The summed E-state index contributed by atoms with van der Waals surface area (Å²) in [6.45, 7) is 1.16. The quantitative estimate of drug-likeness (QED) is 0.871. The van der Waals surface area contributed by atoms with Crippen LogP contribution in [-0.2, 0) is 10.8 Å². The lowest BCUT2D eigenvalue weighted by molar-refractivity contribution is 0.0690. The summed E-state index contributed by atoms with van der Waals surface area (Å²) in [5.41, 5.74) is 0.782. The molecule has 2 aromatic rings. The fourth-order valence-corrected chi connectivity index (χ4v) is 3.30. The summed E-state index contributed by atoms with van der Waals surface area (Å²) < 4.78 is 12.9. The van der Waals surface area contributed by atoms with Crippen molar-refractivity contribution in [3.8, 4) is 0 Å². The molecule has 100 valence electrons. The van der Waals surface area contributed by atoms with Crippen LogP contribution in [0.4, 0.5) is 5.82 Å². The van der Waals surface area contributed by atoms with Crippen molar-refractivity contribution >= 4 is 28.2 Å². The third kappa shape index (κ3) is 2.10. The van der Waals surface area contributed by atoms with Crippen molar-refractivity contribution in [2.24, 2.45) is 0 Å². The lowest BCUT2D eigenvalue weighted by atomic mass is 10.3. The molecule has 19 heavy (non-hydrogen) atoms. The van der Waals surface area contributed by atoms with Crippen LogP contribution < -0.4 is 4.90 Å². The monoisotopic (exact) mass is 279 g/mol. The van der Waals surface area contributed by atoms with Gasteiger partial charge in [0.1, 0.15) is 5.65 Å². The molecule has 0 amide bonds. The number of hydrogen-bond acceptors (Lipinski definition) is 4. The Labute approximate surface area is 112 Å². The van der Waals surface area contributed by atoms with Gasteiger partial charge in [-0.2, -0.15) is 0 Å². The zero-order valence-electron chi connectivity index (χ0n) is 10.2. The number of carboxylic acid groups (broad SMARTS) is 1. The van der Waals surface area contributed by atoms with Crippen LogP contribution in [0.2, 0.25) is 0 Å². The van der Waals surface area contributed by atoms with Crippen molar-refractivity contribution in [1.29, 1.82) is 0 Å². The normalized spacial score (nSPS) is 16.9. The molecule has 1 saturated heterocycles. The Bertz CT molecular complexity index is 657. The number of hydrogen-bond donors (Lipinski definition) is 1. The highest BCUT2D eigenvalue weighted by Gasteiger charge is 2.25. The molecule has 3 rings (SSSR count). The maximum absolute atomic E-state index is 11.5. The third-order valence-electron chi connectivity index (χ3n) is 3.19. The van der Waals surface area contributed by atoms with E-state index in [0.29, 0.717) is 36.1 Å². The highest BCUT2D eigenvalue weighted by molar-refractivity contribution is 7.85. The number of rotatable bonds is 2. The van der Waals surface area contributed by atoms with Crippen molar-refractivity contribution in [3.63, 3.8) is 0 Å². The summed E-state index contributed by atoms with van der Waals surface area (Å²) >= 11 is 0. The van der Waals surface area contributed by atoms with E-state index in [2.05, 4.69) is 4.98 Å². The van der Waals surface area contributed by atoms with Gasteiger partial charge >= 0.3 is 5.97 Å². The first-order chi connectivity index (χ1) is 9.16. The van der Waals surface area contributed by atoms with Crippen LogP contribution in [0.15, 0.2) is 24.4 Å².